The van der Waals surface area contributed by atoms with Crippen LogP contribution in [0.4, 0.5) is 0 Å². The fourth-order valence-electron chi connectivity index (χ4n) is 19.0. The maximum absolute atomic E-state index is 5.25. The minimum Gasteiger partial charge on any atom is -0.294 e. The van der Waals surface area contributed by atoms with Gasteiger partial charge in [0.05, 0.1) is 33.1 Å². The Hall–Kier alpha value is -18.6. The summed E-state index contributed by atoms with van der Waals surface area (Å²) in [4.78, 5) is 60.3. The van der Waals surface area contributed by atoms with Crippen molar-refractivity contribution in [2.45, 2.75) is 0 Å². The van der Waals surface area contributed by atoms with E-state index in [9.17, 15) is 0 Å². The third-order valence-corrected chi connectivity index (χ3v) is 25.3. The number of rotatable bonds is 12. The molecule has 0 spiro atoms. The van der Waals surface area contributed by atoms with E-state index in [1.807, 2.05) is 146 Å². The predicted octanol–water partition coefficient (Wildman–Crippen LogP) is 29.0. The van der Waals surface area contributed by atoms with Crippen LogP contribution in [0.1, 0.15) is 0 Å². The second-order valence-electron chi connectivity index (χ2n) is 33.4. The number of pyridine rings is 3. The van der Waals surface area contributed by atoms with Crippen LogP contribution >= 0.6 is 0 Å². The maximum atomic E-state index is 5.25. The van der Waals surface area contributed by atoms with Gasteiger partial charge < -0.3 is 0 Å². The largest absolute Gasteiger partial charge is 0.294 e. The van der Waals surface area contributed by atoms with Crippen LogP contribution in [0, 0.1) is 0 Å². The zero-order chi connectivity index (χ0) is 89.2. The molecule has 0 bridgehead atoms. The summed E-state index contributed by atoms with van der Waals surface area (Å²) in [6.45, 7) is 0. The van der Waals surface area contributed by atoms with Gasteiger partial charge >= 0.3 is 0 Å². The van der Waals surface area contributed by atoms with E-state index in [-0.39, 0.29) is 0 Å². The lowest BCUT2D eigenvalue weighted by atomic mass is 10.0. The molecule has 0 unspecified atom stereocenters. The van der Waals surface area contributed by atoms with Gasteiger partial charge in [0.1, 0.15) is 34.5 Å². The second-order valence-corrected chi connectivity index (χ2v) is 33.4. The number of aromatic nitrogens is 15. The van der Waals surface area contributed by atoms with Crippen LogP contribution in [-0.4, -0.2) is 73.5 Å². The highest BCUT2D eigenvalue weighted by Gasteiger charge is 2.24. The summed E-state index contributed by atoms with van der Waals surface area (Å²) >= 11 is 0. The molecule has 15 nitrogen and oxygen atoms in total. The first-order valence-corrected chi connectivity index (χ1v) is 45.0. The Kier molecular flexibility index (Phi) is 19.5. The van der Waals surface area contributed by atoms with E-state index in [0.29, 0.717) is 69.5 Å². The van der Waals surface area contributed by atoms with Crippen LogP contribution in [0.25, 0.3) is 250 Å². The fraction of sp³-hybridized carbons (Fsp3) is 0. The van der Waals surface area contributed by atoms with Gasteiger partial charge in [-0.15, -0.1) is 0 Å². The van der Waals surface area contributed by atoms with Crippen molar-refractivity contribution >= 4 is 130 Å². The molecule has 0 atom stereocenters. The van der Waals surface area contributed by atoms with Gasteiger partial charge in [-0.3, -0.25) is 13.7 Å². The molecule has 0 aliphatic rings. The van der Waals surface area contributed by atoms with E-state index in [4.69, 9.17) is 59.8 Å². The molecule has 135 heavy (non-hydrogen) atoms. The first-order chi connectivity index (χ1) is 66.9. The highest BCUT2D eigenvalue weighted by atomic mass is 15.1. The van der Waals surface area contributed by atoms with Crippen LogP contribution in [0.15, 0.2) is 455 Å². The molecular weight excluding hydrogens is 1650 g/mol. The summed E-state index contributed by atoms with van der Waals surface area (Å²) in [5, 5.41) is 21.5. The predicted molar refractivity (Wildman–Crippen MR) is 550 cm³/mol. The molecule has 0 saturated heterocycles. The van der Waals surface area contributed by atoms with Crippen LogP contribution in [0.5, 0.6) is 0 Å². The number of nitrogens with zero attached hydrogens (tertiary/aromatic N) is 15. The lowest BCUT2D eigenvalue weighted by Gasteiger charge is -2.11. The molecular formula is C120H75N15. The Morgan fingerprint density at radius 2 is 0.348 bits per heavy atom. The van der Waals surface area contributed by atoms with Crippen LogP contribution in [0.2, 0.25) is 0 Å². The molecule has 27 rings (SSSR count). The third-order valence-electron chi connectivity index (χ3n) is 25.3. The SMILES string of the molecule is c1cc(-c2nc(-c3ccc4ccccc4c3)nc(-c3ccc4ccccc4c3)n2)nc(-n2c3ccccc3c3c4ccccc4ccc32)c1.c1ccc(-c2nc(-c3ccc4ccccc4c3)nc(-c3cccc(-n4c5ccccc5c5c6ccccc6ccc54)n3)n2)cc1.c1ccc(-c2nc(-c3ccccc3)nc(-c3cccc(-n4c5ccccc5c5c6ccccc6ccc54)n3)n2)cc1. The summed E-state index contributed by atoms with van der Waals surface area (Å²) in [6, 6.07) is 157. The summed E-state index contributed by atoms with van der Waals surface area (Å²) in [7, 11) is 0. The van der Waals surface area contributed by atoms with Crippen molar-refractivity contribution in [2.24, 2.45) is 0 Å². The zero-order valence-electron chi connectivity index (χ0n) is 72.5. The first kappa shape index (κ1) is 78.6. The van der Waals surface area contributed by atoms with E-state index in [1.54, 1.807) is 0 Å². The molecule has 9 heterocycles. The van der Waals surface area contributed by atoms with Crippen molar-refractivity contribution in [3.8, 4) is 120 Å². The standard InChI is InChI=1S/C44H27N5.C40H25N5.C36H23N5/c1-3-13-31-26-33(22-20-28(31)10-1)42-46-43(34-23-21-29-11-2-4-14-32(29)27-34)48-44(47-42)37-17-9-19-40(45-37)49-38-18-8-7-16-36(38)41-35-15-6-5-12-30(35)24-25-39(41)49;1-2-13-28(14-3-1)38-42-39(30-22-21-26-11-4-5-15-29(26)25-30)44-40(43-38)33-18-10-20-36(41-33)45-34-19-9-8-17-32(34)37-31-16-7-6-12-27(31)23-24-35(37)45;1-3-13-25(14-4-1)34-38-35(26-15-5-2-6-16-26)40-36(39-34)29-19-11-21-32(37-29)41-30-20-10-9-18-28(30)33-27-17-8-7-12-24(27)22-23-31(33)41/h1-27H;1-25H;1-23H. The molecule has 9 aromatic heterocycles. The molecule has 27 aromatic rings. The first-order valence-electron chi connectivity index (χ1n) is 45.0. The quantitative estimate of drug-likeness (QED) is 0.114. The van der Waals surface area contributed by atoms with Crippen molar-refractivity contribution in [3.05, 3.63) is 455 Å². The lowest BCUT2D eigenvalue weighted by molar-refractivity contribution is 1.03. The van der Waals surface area contributed by atoms with Crippen molar-refractivity contribution in [2.75, 3.05) is 0 Å². The Bertz CT molecular complexity index is 9200. The Labute approximate surface area is 773 Å². The van der Waals surface area contributed by atoms with E-state index in [0.717, 1.165) is 100 Å². The molecule has 0 aliphatic heterocycles. The van der Waals surface area contributed by atoms with Crippen molar-refractivity contribution in [1.82, 2.24) is 73.5 Å². The van der Waals surface area contributed by atoms with Crippen LogP contribution < -0.4 is 0 Å². The monoisotopic (exact) mass is 1730 g/mol. The molecule has 15 heteroatoms. The van der Waals surface area contributed by atoms with Gasteiger partial charge in [-0.2, -0.15) is 0 Å². The van der Waals surface area contributed by atoms with Crippen LogP contribution in [-0.2, 0) is 0 Å². The van der Waals surface area contributed by atoms with Crippen LogP contribution in [0.3, 0.4) is 0 Å². The highest BCUT2D eigenvalue weighted by molar-refractivity contribution is 6.24. The molecule has 0 radical (unpaired) electrons. The van der Waals surface area contributed by atoms with Gasteiger partial charge in [0.25, 0.3) is 0 Å². The normalized spacial score (nSPS) is 11.6. The molecule has 0 N–H and O–H groups in total. The topological polar surface area (TPSA) is 169 Å². The molecule has 0 aliphatic carbocycles. The Morgan fingerprint density at radius 3 is 0.637 bits per heavy atom. The summed E-state index contributed by atoms with van der Waals surface area (Å²) in [6.07, 6.45) is 0. The van der Waals surface area contributed by atoms with Crippen molar-refractivity contribution in [3.63, 3.8) is 0 Å². The summed E-state index contributed by atoms with van der Waals surface area (Å²) in [5.74, 6) is 7.67. The van der Waals surface area contributed by atoms with Gasteiger partial charge in [-0.05, 0) is 156 Å². The summed E-state index contributed by atoms with van der Waals surface area (Å²) in [5.41, 5.74) is 14.2. The fourth-order valence-corrected chi connectivity index (χ4v) is 19.0. The minimum atomic E-state index is 0.523. The average Bonchev–Trinajstić information content (AvgIpc) is 1.58. The van der Waals surface area contributed by atoms with Gasteiger partial charge in [0.15, 0.2) is 52.4 Å². The van der Waals surface area contributed by atoms with Crippen molar-refractivity contribution < 1.29 is 0 Å². The molecule has 0 saturated carbocycles. The number of hydrogen-bond acceptors (Lipinski definition) is 12. The number of para-hydroxylation sites is 3. The molecule has 0 fully saturated rings. The van der Waals surface area contributed by atoms with Crippen molar-refractivity contribution in [1.29, 1.82) is 0 Å². The molecule has 630 valence electrons. The summed E-state index contributed by atoms with van der Waals surface area (Å²) < 4.78 is 6.72. The zero-order valence-corrected chi connectivity index (χ0v) is 72.5. The number of hydrogen-bond donors (Lipinski definition) is 0. The van der Waals surface area contributed by atoms with Gasteiger partial charge in [-0.25, -0.2) is 59.8 Å². The van der Waals surface area contributed by atoms with E-state index < -0.39 is 0 Å². The molecule has 18 aromatic carbocycles. The van der Waals surface area contributed by atoms with E-state index >= 15 is 0 Å². The molecule has 0 amide bonds. The second kappa shape index (κ2) is 33.5. The van der Waals surface area contributed by atoms with Gasteiger partial charge in [0.2, 0.25) is 0 Å². The Morgan fingerprint density at radius 1 is 0.126 bits per heavy atom. The third kappa shape index (κ3) is 14.5. The lowest BCUT2D eigenvalue weighted by Crippen LogP contribution is -2.03. The van der Waals surface area contributed by atoms with E-state index in [2.05, 4.69) is 323 Å². The number of fused-ring (bicyclic) bond motifs is 18. The highest BCUT2D eigenvalue weighted by Crippen LogP contribution is 2.43. The Balaban J connectivity index is 0.000000108. The minimum absolute atomic E-state index is 0.523. The van der Waals surface area contributed by atoms with Gasteiger partial charge in [-0.1, -0.05) is 364 Å². The average molecular weight is 1730 g/mol. The maximum Gasteiger partial charge on any atom is 0.182 e. The number of benzene rings is 18. The van der Waals surface area contributed by atoms with E-state index in [1.165, 1.54) is 80.8 Å². The van der Waals surface area contributed by atoms with Gasteiger partial charge in [0, 0.05) is 65.7 Å². The smallest absolute Gasteiger partial charge is 0.182 e.